The van der Waals surface area contributed by atoms with Crippen molar-refractivity contribution in [1.82, 2.24) is 9.80 Å². The van der Waals surface area contributed by atoms with Gasteiger partial charge in [-0.3, -0.25) is 19.4 Å². The SMILES string of the molecule is CCC(=O)OC1CC(C)(C)N(CCOCCN2C(C)(C)CC(OC(=O)CC)CC2(C)C)C(C)(C)C1. The molecule has 0 saturated carbocycles. The molecule has 2 saturated heterocycles. The lowest BCUT2D eigenvalue weighted by atomic mass is 9.78. The van der Waals surface area contributed by atoms with Crippen LogP contribution in [0.25, 0.3) is 0 Å². The van der Waals surface area contributed by atoms with Crippen LogP contribution >= 0.6 is 0 Å². The van der Waals surface area contributed by atoms with Crippen LogP contribution in [0.1, 0.15) is 108 Å². The third kappa shape index (κ3) is 7.90. The Balaban J connectivity index is 1.88. The lowest BCUT2D eigenvalue weighted by molar-refractivity contribution is -0.161. The van der Waals surface area contributed by atoms with Gasteiger partial charge in [-0.25, -0.2) is 0 Å². The highest BCUT2D eigenvalue weighted by molar-refractivity contribution is 5.69. The Labute approximate surface area is 214 Å². The summed E-state index contributed by atoms with van der Waals surface area (Å²) in [6.45, 7) is 24.6. The average molecular weight is 497 g/mol. The fourth-order valence-electron chi connectivity index (χ4n) is 6.78. The van der Waals surface area contributed by atoms with Crippen LogP contribution < -0.4 is 0 Å². The summed E-state index contributed by atoms with van der Waals surface area (Å²) in [4.78, 5) is 28.7. The number of nitrogens with zero attached hydrogens (tertiary/aromatic N) is 2. The molecule has 0 bridgehead atoms. The van der Waals surface area contributed by atoms with Gasteiger partial charge in [0, 0.05) is 73.8 Å². The average Bonchev–Trinajstić information content (AvgIpc) is 2.68. The van der Waals surface area contributed by atoms with Crippen LogP contribution in [0.4, 0.5) is 0 Å². The molecule has 7 heteroatoms. The minimum absolute atomic E-state index is 0.0337. The van der Waals surface area contributed by atoms with Gasteiger partial charge in [-0.05, 0) is 55.4 Å². The van der Waals surface area contributed by atoms with Crippen LogP contribution in [-0.4, -0.2) is 82.4 Å². The summed E-state index contributed by atoms with van der Waals surface area (Å²) in [5.41, 5.74) is -0.311. The van der Waals surface area contributed by atoms with Crippen LogP contribution in [0.3, 0.4) is 0 Å². The third-order valence-electron chi connectivity index (χ3n) is 7.92. The van der Waals surface area contributed by atoms with Crippen molar-refractivity contribution in [3.63, 3.8) is 0 Å². The van der Waals surface area contributed by atoms with Gasteiger partial charge in [0.1, 0.15) is 12.2 Å². The number of rotatable bonds is 10. The molecular formula is C28H52N2O5. The monoisotopic (exact) mass is 496 g/mol. The van der Waals surface area contributed by atoms with E-state index in [2.05, 4.69) is 65.2 Å². The summed E-state index contributed by atoms with van der Waals surface area (Å²) in [7, 11) is 0. The number of piperidine rings is 2. The summed E-state index contributed by atoms with van der Waals surface area (Å²) < 4.78 is 17.6. The van der Waals surface area contributed by atoms with E-state index in [1.165, 1.54) is 0 Å². The number of carbonyl (C=O) groups is 2. The van der Waals surface area contributed by atoms with Crippen LogP contribution in [0.15, 0.2) is 0 Å². The summed E-state index contributed by atoms with van der Waals surface area (Å²) >= 11 is 0. The number of carbonyl (C=O) groups excluding carboxylic acids is 2. The molecule has 35 heavy (non-hydrogen) atoms. The van der Waals surface area contributed by atoms with Crippen molar-refractivity contribution in [3.05, 3.63) is 0 Å². The van der Waals surface area contributed by atoms with Crippen molar-refractivity contribution in [3.8, 4) is 0 Å². The largest absolute Gasteiger partial charge is 0.462 e. The number of esters is 2. The molecule has 7 nitrogen and oxygen atoms in total. The van der Waals surface area contributed by atoms with Crippen LogP contribution in [-0.2, 0) is 23.8 Å². The number of hydrogen-bond donors (Lipinski definition) is 0. The van der Waals surface area contributed by atoms with E-state index in [4.69, 9.17) is 14.2 Å². The molecule has 0 aliphatic carbocycles. The Bertz CT molecular complexity index is 635. The molecular weight excluding hydrogens is 444 g/mol. The lowest BCUT2D eigenvalue weighted by Crippen LogP contribution is -2.63. The normalized spacial score (nSPS) is 24.7. The first-order valence-corrected chi connectivity index (χ1v) is 13.6. The molecule has 0 unspecified atom stereocenters. The van der Waals surface area contributed by atoms with E-state index >= 15 is 0 Å². The van der Waals surface area contributed by atoms with E-state index < -0.39 is 0 Å². The fraction of sp³-hybridized carbons (Fsp3) is 0.929. The molecule has 2 aliphatic heterocycles. The second-order valence-electron chi connectivity index (χ2n) is 12.9. The summed E-state index contributed by atoms with van der Waals surface area (Å²) in [6.07, 6.45) is 4.12. The second kappa shape index (κ2) is 11.5. The smallest absolute Gasteiger partial charge is 0.305 e. The highest BCUT2D eigenvalue weighted by atomic mass is 16.5. The van der Waals surface area contributed by atoms with E-state index in [1.54, 1.807) is 0 Å². The van der Waals surface area contributed by atoms with Crippen molar-refractivity contribution in [2.75, 3.05) is 26.3 Å². The van der Waals surface area contributed by atoms with Crippen molar-refractivity contribution in [1.29, 1.82) is 0 Å². The standard InChI is InChI=1S/C28H52N2O5/c1-11-23(31)34-21-17-25(3,4)29(26(5,6)18-21)13-15-33-16-14-30-27(7,8)19-22(20-28(30,9)10)35-24(32)12-2/h21-22H,11-20H2,1-10H3. The van der Waals surface area contributed by atoms with Gasteiger partial charge >= 0.3 is 11.9 Å². The Kier molecular flexibility index (Phi) is 9.85. The summed E-state index contributed by atoms with van der Waals surface area (Å²) in [6, 6.07) is 0. The van der Waals surface area contributed by atoms with Crippen molar-refractivity contribution < 1.29 is 23.8 Å². The quantitative estimate of drug-likeness (QED) is 0.313. The molecule has 0 N–H and O–H groups in total. The Morgan fingerprint density at radius 1 is 0.629 bits per heavy atom. The topological polar surface area (TPSA) is 68.3 Å². The van der Waals surface area contributed by atoms with Gasteiger partial charge in [-0.1, -0.05) is 13.8 Å². The van der Waals surface area contributed by atoms with E-state index in [1.807, 2.05) is 13.8 Å². The van der Waals surface area contributed by atoms with Gasteiger partial charge in [0.05, 0.1) is 13.2 Å². The maximum Gasteiger partial charge on any atom is 0.305 e. The zero-order valence-electron chi connectivity index (χ0n) is 24.2. The van der Waals surface area contributed by atoms with Gasteiger partial charge in [0.15, 0.2) is 0 Å². The number of ether oxygens (including phenoxy) is 3. The van der Waals surface area contributed by atoms with Crippen molar-refractivity contribution in [2.45, 2.75) is 142 Å². The minimum atomic E-state index is -0.114. The van der Waals surface area contributed by atoms with E-state index in [-0.39, 0.29) is 46.3 Å². The molecule has 2 heterocycles. The first-order valence-electron chi connectivity index (χ1n) is 13.6. The molecule has 0 aromatic rings. The van der Waals surface area contributed by atoms with E-state index in [9.17, 15) is 9.59 Å². The van der Waals surface area contributed by atoms with Gasteiger partial charge in [-0.2, -0.15) is 0 Å². The highest BCUT2D eigenvalue weighted by Gasteiger charge is 2.47. The third-order valence-corrected chi connectivity index (χ3v) is 7.92. The van der Waals surface area contributed by atoms with Crippen LogP contribution in [0.5, 0.6) is 0 Å². The molecule has 0 radical (unpaired) electrons. The van der Waals surface area contributed by atoms with Gasteiger partial charge in [0.25, 0.3) is 0 Å². The molecule has 0 aromatic heterocycles. The highest BCUT2D eigenvalue weighted by Crippen LogP contribution is 2.40. The zero-order chi connectivity index (χ0) is 26.7. The van der Waals surface area contributed by atoms with Gasteiger partial charge < -0.3 is 14.2 Å². The fourth-order valence-corrected chi connectivity index (χ4v) is 6.78. The first kappa shape index (κ1) is 30.0. The molecule has 2 aliphatic rings. The number of hydrogen-bond acceptors (Lipinski definition) is 7. The van der Waals surface area contributed by atoms with Crippen LogP contribution in [0, 0.1) is 0 Å². The zero-order valence-corrected chi connectivity index (χ0v) is 24.2. The predicted molar refractivity (Wildman–Crippen MR) is 139 cm³/mol. The molecule has 0 spiro atoms. The Hall–Kier alpha value is -1.18. The maximum absolute atomic E-state index is 11.8. The summed E-state index contributed by atoms with van der Waals surface area (Å²) in [5.74, 6) is -0.228. The van der Waals surface area contributed by atoms with Crippen LogP contribution in [0.2, 0.25) is 0 Å². The first-order chi connectivity index (χ1) is 16.0. The molecule has 204 valence electrons. The Morgan fingerprint density at radius 2 is 0.914 bits per heavy atom. The van der Waals surface area contributed by atoms with E-state index in [0.29, 0.717) is 26.1 Å². The van der Waals surface area contributed by atoms with Crippen molar-refractivity contribution >= 4 is 11.9 Å². The van der Waals surface area contributed by atoms with E-state index in [0.717, 1.165) is 38.8 Å². The summed E-state index contributed by atoms with van der Waals surface area (Å²) in [5, 5.41) is 0. The molecule has 0 aromatic carbocycles. The minimum Gasteiger partial charge on any atom is -0.462 e. The van der Waals surface area contributed by atoms with Crippen molar-refractivity contribution in [2.24, 2.45) is 0 Å². The maximum atomic E-state index is 11.8. The Morgan fingerprint density at radius 3 is 1.17 bits per heavy atom. The lowest BCUT2D eigenvalue weighted by Gasteiger charge is -2.55. The van der Waals surface area contributed by atoms with Gasteiger partial charge in [0.2, 0.25) is 0 Å². The molecule has 0 amide bonds. The predicted octanol–water partition coefficient (Wildman–Crippen LogP) is 4.95. The molecule has 2 rings (SSSR count). The molecule has 2 fully saturated rings. The second-order valence-corrected chi connectivity index (χ2v) is 12.9. The molecule has 0 atom stereocenters. The van der Waals surface area contributed by atoms with Gasteiger partial charge in [-0.15, -0.1) is 0 Å². The number of likely N-dealkylation sites (tertiary alicyclic amines) is 2.